The zero-order chi connectivity index (χ0) is 20.5. The lowest BCUT2D eigenvalue weighted by Gasteiger charge is -2.19. The summed E-state index contributed by atoms with van der Waals surface area (Å²) in [6.45, 7) is 4.86. The Morgan fingerprint density at radius 3 is 2.93 bits per heavy atom. The van der Waals surface area contributed by atoms with Gasteiger partial charge in [-0.15, -0.1) is 0 Å². The maximum atomic E-state index is 15.7. The number of rotatable bonds is 4. The van der Waals surface area contributed by atoms with Crippen LogP contribution in [-0.2, 0) is 6.42 Å². The van der Waals surface area contributed by atoms with Crippen molar-refractivity contribution in [1.29, 1.82) is 0 Å². The third kappa shape index (κ3) is 3.90. The number of nitrogens with zero attached hydrogens (tertiary/aromatic N) is 2. The van der Waals surface area contributed by atoms with Gasteiger partial charge in [-0.2, -0.15) is 4.98 Å². The van der Waals surface area contributed by atoms with E-state index in [1.807, 2.05) is 26.0 Å². The number of hydrogen-bond acceptors (Lipinski definition) is 7. The summed E-state index contributed by atoms with van der Waals surface area (Å²) in [7, 11) is 1.77. The van der Waals surface area contributed by atoms with Crippen molar-refractivity contribution in [2.75, 3.05) is 30.8 Å². The number of aromatic nitrogens is 2. The first-order valence-electron chi connectivity index (χ1n) is 9.85. The number of benzene rings is 1. The molecule has 0 saturated carbocycles. The van der Waals surface area contributed by atoms with Gasteiger partial charge in [0, 0.05) is 49.8 Å². The van der Waals surface area contributed by atoms with Crippen molar-refractivity contribution in [3.8, 4) is 5.75 Å². The molecule has 0 fully saturated rings. The largest absolute Gasteiger partial charge is 0.492 e. The maximum Gasteiger partial charge on any atom is 0.229 e. The fourth-order valence-electron chi connectivity index (χ4n) is 3.76. The van der Waals surface area contributed by atoms with Crippen LogP contribution in [0.15, 0.2) is 18.2 Å². The van der Waals surface area contributed by atoms with Gasteiger partial charge in [-0.05, 0) is 25.5 Å². The minimum Gasteiger partial charge on any atom is -0.492 e. The first-order chi connectivity index (χ1) is 14.0. The summed E-state index contributed by atoms with van der Waals surface area (Å²) in [5.41, 5.74) is 3.17. The van der Waals surface area contributed by atoms with E-state index < -0.39 is 11.9 Å². The van der Waals surface area contributed by atoms with Crippen molar-refractivity contribution in [3.63, 3.8) is 0 Å². The number of nitrogens with one attached hydrogen (secondary N) is 3. The van der Waals surface area contributed by atoms with Crippen LogP contribution in [0, 0.1) is 12.7 Å². The van der Waals surface area contributed by atoms with Crippen LogP contribution in [0.5, 0.6) is 5.75 Å². The molecule has 7 nitrogen and oxygen atoms in total. The second kappa shape index (κ2) is 7.96. The van der Waals surface area contributed by atoms with Gasteiger partial charge in [0.2, 0.25) is 5.95 Å². The van der Waals surface area contributed by atoms with Crippen LogP contribution in [0.1, 0.15) is 30.2 Å². The molecule has 0 unspecified atom stereocenters. The van der Waals surface area contributed by atoms with E-state index in [4.69, 9.17) is 4.74 Å². The molecule has 0 saturated heterocycles. The van der Waals surface area contributed by atoms with Gasteiger partial charge in [-0.1, -0.05) is 6.08 Å². The van der Waals surface area contributed by atoms with Crippen molar-refractivity contribution in [2.45, 2.75) is 38.8 Å². The summed E-state index contributed by atoms with van der Waals surface area (Å²) in [6.07, 6.45) is 2.39. The Balaban J connectivity index is 1.76. The van der Waals surface area contributed by atoms with Crippen molar-refractivity contribution >= 4 is 23.0 Å². The molecule has 2 aliphatic heterocycles. The van der Waals surface area contributed by atoms with E-state index in [1.165, 1.54) is 0 Å². The highest BCUT2D eigenvalue weighted by molar-refractivity contribution is 5.78. The zero-order valence-electron chi connectivity index (χ0n) is 16.8. The van der Waals surface area contributed by atoms with Crippen molar-refractivity contribution < 1.29 is 14.2 Å². The van der Waals surface area contributed by atoms with Gasteiger partial charge in [0.25, 0.3) is 0 Å². The van der Waals surface area contributed by atoms with E-state index in [9.17, 15) is 5.11 Å². The molecule has 2 atom stereocenters. The third-order valence-electron chi connectivity index (χ3n) is 5.38. The van der Waals surface area contributed by atoms with Crippen molar-refractivity contribution in [2.24, 2.45) is 0 Å². The summed E-state index contributed by atoms with van der Waals surface area (Å²) in [5.74, 6) is 1.12. The van der Waals surface area contributed by atoms with E-state index >= 15 is 4.39 Å². The Morgan fingerprint density at radius 2 is 2.14 bits per heavy atom. The first-order valence-corrected chi connectivity index (χ1v) is 9.85. The minimum atomic E-state index is -0.602. The molecule has 1 aromatic heterocycles. The van der Waals surface area contributed by atoms with Crippen LogP contribution in [0.3, 0.4) is 0 Å². The maximum absolute atomic E-state index is 15.7. The number of aliphatic hydroxyl groups is 1. The fourth-order valence-corrected chi connectivity index (χ4v) is 3.76. The molecule has 0 amide bonds. The van der Waals surface area contributed by atoms with Gasteiger partial charge < -0.3 is 25.8 Å². The summed E-state index contributed by atoms with van der Waals surface area (Å²) in [4.78, 5) is 8.73. The SMILES string of the molecule is CNc1cc(C)nc(Nc2cc3c(c(C4=CCN[C@@H](C)[C@@H](O)C4)c2F)OCC3)n1. The van der Waals surface area contributed by atoms with Gasteiger partial charge >= 0.3 is 0 Å². The number of aryl methyl sites for hydroxylation is 1. The monoisotopic (exact) mass is 399 g/mol. The molecule has 154 valence electrons. The fraction of sp³-hybridized carbons (Fsp3) is 0.429. The second-order valence-corrected chi connectivity index (χ2v) is 7.49. The quantitative estimate of drug-likeness (QED) is 0.628. The minimum absolute atomic E-state index is 0.0669. The molecule has 0 spiro atoms. The average molecular weight is 399 g/mol. The van der Waals surface area contributed by atoms with Gasteiger partial charge in [0.15, 0.2) is 5.82 Å². The van der Waals surface area contributed by atoms with Crippen LogP contribution in [0.2, 0.25) is 0 Å². The lowest BCUT2D eigenvalue weighted by atomic mass is 9.94. The molecule has 0 radical (unpaired) electrons. The molecular formula is C21H26FN5O2. The van der Waals surface area contributed by atoms with Gasteiger partial charge in [0.1, 0.15) is 11.6 Å². The Labute approximate surface area is 169 Å². The number of aliphatic hydroxyl groups excluding tert-OH is 1. The Kier molecular flexibility index (Phi) is 5.38. The van der Waals surface area contributed by atoms with Gasteiger partial charge in [-0.25, -0.2) is 9.37 Å². The molecule has 3 heterocycles. The van der Waals surface area contributed by atoms with E-state index in [0.29, 0.717) is 54.8 Å². The highest BCUT2D eigenvalue weighted by Gasteiger charge is 2.29. The topological polar surface area (TPSA) is 91.3 Å². The highest BCUT2D eigenvalue weighted by atomic mass is 19.1. The molecule has 4 rings (SSSR count). The van der Waals surface area contributed by atoms with Crippen LogP contribution in [-0.4, -0.2) is 47.4 Å². The number of hydrogen-bond donors (Lipinski definition) is 4. The number of anilines is 3. The van der Waals surface area contributed by atoms with Crippen LogP contribution < -0.4 is 20.7 Å². The normalized spacial score (nSPS) is 21.1. The summed E-state index contributed by atoms with van der Waals surface area (Å²) in [6, 6.07) is 3.51. The predicted octanol–water partition coefficient (Wildman–Crippen LogP) is 2.77. The first kappa shape index (κ1) is 19.6. The lowest BCUT2D eigenvalue weighted by Crippen LogP contribution is -2.35. The van der Waals surface area contributed by atoms with Crippen molar-refractivity contribution in [1.82, 2.24) is 15.3 Å². The predicted molar refractivity (Wildman–Crippen MR) is 111 cm³/mol. The molecule has 1 aromatic carbocycles. The van der Waals surface area contributed by atoms with Crippen LogP contribution >= 0.6 is 0 Å². The molecule has 29 heavy (non-hydrogen) atoms. The summed E-state index contributed by atoms with van der Waals surface area (Å²) >= 11 is 0. The van der Waals surface area contributed by atoms with Crippen LogP contribution in [0.4, 0.5) is 21.8 Å². The molecule has 2 aromatic rings. The lowest BCUT2D eigenvalue weighted by molar-refractivity contribution is 0.143. The second-order valence-electron chi connectivity index (χ2n) is 7.49. The molecule has 0 aliphatic carbocycles. The molecule has 4 N–H and O–H groups in total. The van der Waals surface area contributed by atoms with Gasteiger partial charge in [-0.3, -0.25) is 0 Å². The Bertz CT molecular complexity index is 963. The van der Waals surface area contributed by atoms with E-state index in [-0.39, 0.29) is 6.04 Å². The Morgan fingerprint density at radius 1 is 1.31 bits per heavy atom. The molecule has 8 heteroatoms. The molecule has 2 aliphatic rings. The third-order valence-corrected chi connectivity index (χ3v) is 5.38. The average Bonchev–Trinajstić information content (AvgIpc) is 3.08. The number of fused-ring (bicyclic) bond motifs is 1. The number of ether oxygens (including phenoxy) is 1. The Hall–Kier alpha value is -2.71. The van der Waals surface area contributed by atoms with E-state index in [1.54, 1.807) is 13.1 Å². The van der Waals surface area contributed by atoms with Crippen LogP contribution in [0.25, 0.3) is 5.57 Å². The van der Waals surface area contributed by atoms with E-state index in [0.717, 1.165) is 16.8 Å². The van der Waals surface area contributed by atoms with E-state index in [2.05, 4.69) is 25.9 Å². The number of halogens is 1. The van der Waals surface area contributed by atoms with Gasteiger partial charge in [0.05, 0.1) is 24.0 Å². The standard InChI is InChI=1S/C21H26FN5O2/c1-11-8-17(23-3)27-21(25-11)26-15-9-14-5-7-29-20(14)18(19(15)22)13-4-6-24-12(2)16(28)10-13/h4,8-9,12,16,24,28H,5-7,10H2,1-3H3,(H2,23,25,26,27)/t12-,16-/m0/s1. The highest BCUT2D eigenvalue weighted by Crippen LogP contribution is 2.42. The van der Waals surface area contributed by atoms with Crippen molar-refractivity contribution in [3.05, 3.63) is 40.8 Å². The summed E-state index contributed by atoms with van der Waals surface area (Å²) < 4.78 is 21.5. The smallest absolute Gasteiger partial charge is 0.229 e. The zero-order valence-corrected chi connectivity index (χ0v) is 16.8. The molecule has 0 bridgehead atoms. The summed E-state index contributed by atoms with van der Waals surface area (Å²) in [5, 5.41) is 19.6. The molecular weight excluding hydrogens is 373 g/mol.